The molecule has 3 rings (SSSR count). The highest BCUT2D eigenvalue weighted by Crippen LogP contribution is 2.30. The maximum atomic E-state index is 13.1. The number of benzene rings is 2. The fourth-order valence-electron chi connectivity index (χ4n) is 3.68. The molecule has 0 saturated carbocycles. The Morgan fingerprint density at radius 2 is 1.71 bits per heavy atom. The largest absolute Gasteiger partial charge is 0.444 e. The van der Waals surface area contributed by atoms with Gasteiger partial charge in [-0.2, -0.15) is 13.2 Å². The number of rotatable bonds is 9. The molecule has 0 radical (unpaired) electrons. The lowest BCUT2D eigenvalue weighted by Crippen LogP contribution is -2.42. The molecule has 0 aliphatic carbocycles. The van der Waals surface area contributed by atoms with Gasteiger partial charge in [-0.05, 0) is 56.7 Å². The summed E-state index contributed by atoms with van der Waals surface area (Å²) in [7, 11) is 0. The van der Waals surface area contributed by atoms with Crippen molar-refractivity contribution in [2.75, 3.05) is 6.54 Å². The van der Waals surface area contributed by atoms with Gasteiger partial charge in [-0.1, -0.05) is 46.9 Å². The molecule has 2 aromatic carbocycles. The Morgan fingerprint density at radius 1 is 1.07 bits per heavy atom. The SMILES string of the molecule is CC(C)(C)OC(=O)NC(CNC(=O)Cn1nc(-c2ccc(Cl)cc2)n(CC(O)C(F)(F)F)c1=O)c1cccc(Cl)c1Cl. The van der Waals surface area contributed by atoms with E-state index in [2.05, 4.69) is 15.7 Å². The summed E-state index contributed by atoms with van der Waals surface area (Å²) in [6.45, 7) is 2.91. The Kier molecular flexibility index (Phi) is 10.6. The predicted molar refractivity (Wildman–Crippen MR) is 151 cm³/mol. The van der Waals surface area contributed by atoms with Crippen LogP contribution < -0.4 is 16.3 Å². The minimum absolute atomic E-state index is 0.125. The fourth-order valence-corrected chi connectivity index (χ4v) is 4.25. The van der Waals surface area contributed by atoms with Gasteiger partial charge in [0, 0.05) is 17.1 Å². The van der Waals surface area contributed by atoms with Crippen LogP contribution in [-0.2, 0) is 22.6 Å². The van der Waals surface area contributed by atoms with E-state index in [1.165, 1.54) is 30.3 Å². The Balaban J connectivity index is 1.85. The lowest BCUT2D eigenvalue weighted by molar-refractivity contribution is -0.207. The van der Waals surface area contributed by atoms with Crippen molar-refractivity contribution in [3.8, 4) is 11.4 Å². The summed E-state index contributed by atoms with van der Waals surface area (Å²) in [4.78, 5) is 38.4. The zero-order valence-corrected chi connectivity index (χ0v) is 24.8. The maximum Gasteiger partial charge on any atom is 0.416 e. The van der Waals surface area contributed by atoms with E-state index >= 15 is 0 Å². The van der Waals surface area contributed by atoms with Crippen LogP contribution in [0.2, 0.25) is 15.1 Å². The first-order chi connectivity index (χ1) is 19.5. The molecule has 1 heterocycles. The molecule has 0 aliphatic heterocycles. The number of carbonyl (C=O) groups excluding carboxylic acids is 2. The summed E-state index contributed by atoms with van der Waals surface area (Å²) in [5.74, 6) is -0.988. The number of hydrogen-bond acceptors (Lipinski definition) is 6. The molecule has 2 atom stereocenters. The Hall–Kier alpha value is -3.26. The van der Waals surface area contributed by atoms with E-state index < -0.39 is 54.7 Å². The van der Waals surface area contributed by atoms with Gasteiger partial charge in [0.25, 0.3) is 0 Å². The molecule has 1 aromatic heterocycles. The second-order valence-corrected chi connectivity index (χ2v) is 11.3. The van der Waals surface area contributed by atoms with E-state index in [0.717, 1.165) is 0 Å². The zero-order valence-electron chi connectivity index (χ0n) is 22.5. The Morgan fingerprint density at radius 3 is 2.31 bits per heavy atom. The third-order valence-corrected chi connectivity index (χ3v) is 6.69. The molecule has 10 nitrogen and oxygen atoms in total. The van der Waals surface area contributed by atoms with Crippen molar-refractivity contribution in [2.24, 2.45) is 0 Å². The first kappa shape index (κ1) is 33.2. The summed E-state index contributed by atoms with van der Waals surface area (Å²) >= 11 is 18.3. The fraction of sp³-hybridized carbons (Fsp3) is 0.385. The summed E-state index contributed by atoms with van der Waals surface area (Å²) in [6.07, 6.45) is -8.67. The van der Waals surface area contributed by atoms with Crippen LogP contribution in [0, 0.1) is 0 Å². The molecule has 0 fully saturated rings. The normalized spacial score (nSPS) is 13.4. The van der Waals surface area contributed by atoms with Crippen molar-refractivity contribution in [1.82, 2.24) is 25.0 Å². The molecule has 228 valence electrons. The van der Waals surface area contributed by atoms with Gasteiger partial charge in [-0.3, -0.25) is 9.36 Å². The molecule has 16 heteroatoms. The molecular weight excluding hydrogens is 626 g/mol. The van der Waals surface area contributed by atoms with Gasteiger partial charge in [0.05, 0.1) is 22.6 Å². The van der Waals surface area contributed by atoms with Gasteiger partial charge < -0.3 is 20.5 Å². The van der Waals surface area contributed by atoms with Crippen LogP contribution in [0.4, 0.5) is 18.0 Å². The summed E-state index contributed by atoms with van der Waals surface area (Å²) in [6, 6.07) is 9.52. The monoisotopic (exact) mass is 651 g/mol. The number of aromatic nitrogens is 3. The topological polar surface area (TPSA) is 127 Å². The van der Waals surface area contributed by atoms with Crippen molar-refractivity contribution in [2.45, 2.75) is 57.8 Å². The number of aliphatic hydroxyl groups is 1. The third-order valence-electron chi connectivity index (χ3n) is 5.60. The van der Waals surface area contributed by atoms with Gasteiger partial charge in [-0.25, -0.2) is 14.3 Å². The number of amides is 2. The number of ether oxygens (including phenoxy) is 1. The number of alkyl halides is 3. The van der Waals surface area contributed by atoms with Crippen LogP contribution in [0.3, 0.4) is 0 Å². The highest BCUT2D eigenvalue weighted by atomic mass is 35.5. The van der Waals surface area contributed by atoms with Crippen LogP contribution in [0.5, 0.6) is 0 Å². The Labute approximate surface area is 253 Å². The summed E-state index contributed by atoms with van der Waals surface area (Å²) in [5, 5.41) is 19.5. The van der Waals surface area contributed by atoms with Crippen LogP contribution in [-0.4, -0.2) is 55.9 Å². The molecule has 0 aliphatic rings. The molecule has 0 saturated heterocycles. The molecule has 0 spiro atoms. The van der Waals surface area contributed by atoms with Gasteiger partial charge in [0.15, 0.2) is 11.9 Å². The van der Waals surface area contributed by atoms with E-state index in [9.17, 15) is 32.7 Å². The second kappa shape index (κ2) is 13.4. The van der Waals surface area contributed by atoms with Crippen molar-refractivity contribution >= 4 is 46.8 Å². The number of alkyl carbamates (subject to hydrolysis) is 1. The standard InChI is InChI=1S/C26H27Cl3F3N5O5/c1-25(2,3)42-23(40)34-18(16-5-4-6-17(28)21(16)29)11-33-20(39)13-37-24(41)36(12-19(38)26(30,31)32)22(35-37)14-7-9-15(27)10-8-14/h4-10,18-19,38H,11-13H2,1-3H3,(H,33,39)(H,34,40). The number of halogens is 6. The second-order valence-electron chi connectivity index (χ2n) is 10.1. The average molecular weight is 653 g/mol. The van der Waals surface area contributed by atoms with Crippen LogP contribution in [0.25, 0.3) is 11.4 Å². The first-order valence-electron chi connectivity index (χ1n) is 12.3. The van der Waals surface area contributed by atoms with E-state index in [1.54, 1.807) is 32.9 Å². The number of aliphatic hydroxyl groups excluding tert-OH is 1. The molecule has 2 amide bonds. The molecule has 42 heavy (non-hydrogen) atoms. The summed E-state index contributed by atoms with van der Waals surface area (Å²) < 4.78 is 45.8. The molecule has 3 aromatic rings. The van der Waals surface area contributed by atoms with Crippen LogP contribution in [0.15, 0.2) is 47.3 Å². The van der Waals surface area contributed by atoms with Gasteiger partial charge in [-0.15, -0.1) is 5.10 Å². The minimum Gasteiger partial charge on any atom is -0.444 e. The maximum absolute atomic E-state index is 13.1. The highest BCUT2D eigenvalue weighted by Gasteiger charge is 2.39. The number of carbonyl (C=O) groups is 2. The zero-order chi connectivity index (χ0) is 31.4. The minimum atomic E-state index is -5.01. The summed E-state index contributed by atoms with van der Waals surface area (Å²) in [5.41, 5.74) is -1.30. The van der Waals surface area contributed by atoms with Crippen molar-refractivity contribution in [1.29, 1.82) is 0 Å². The van der Waals surface area contributed by atoms with Crippen LogP contribution >= 0.6 is 34.8 Å². The van der Waals surface area contributed by atoms with Crippen molar-refractivity contribution in [3.63, 3.8) is 0 Å². The smallest absolute Gasteiger partial charge is 0.416 e. The van der Waals surface area contributed by atoms with E-state index in [0.29, 0.717) is 19.8 Å². The lowest BCUT2D eigenvalue weighted by Gasteiger charge is -2.25. The number of hydrogen-bond donors (Lipinski definition) is 3. The Bertz CT molecular complexity index is 1490. The number of nitrogens with zero attached hydrogens (tertiary/aromatic N) is 3. The van der Waals surface area contributed by atoms with Gasteiger partial charge in [0.1, 0.15) is 12.1 Å². The lowest BCUT2D eigenvalue weighted by atomic mass is 10.1. The van der Waals surface area contributed by atoms with E-state index in [-0.39, 0.29) is 28.0 Å². The molecule has 3 N–H and O–H groups in total. The third kappa shape index (κ3) is 8.87. The van der Waals surface area contributed by atoms with Gasteiger partial charge >= 0.3 is 18.0 Å². The van der Waals surface area contributed by atoms with E-state index in [4.69, 9.17) is 39.5 Å². The quantitative estimate of drug-likeness (QED) is 0.299. The van der Waals surface area contributed by atoms with Crippen molar-refractivity contribution < 1.29 is 32.6 Å². The van der Waals surface area contributed by atoms with Crippen molar-refractivity contribution in [3.05, 3.63) is 73.6 Å². The average Bonchev–Trinajstić information content (AvgIpc) is 3.17. The van der Waals surface area contributed by atoms with E-state index in [1.807, 2.05) is 0 Å². The predicted octanol–water partition coefficient (Wildman–Crippen LogP) is 4.98. The van der Waals surface area contributed by atoms with Crippen LogP contribution in [0.1, 0.15) is 32.4 Å². The first-order valence-corrected chi connectivity index (χ1v) is 13.5. The van der Waals surface area contributed by atoms with Gasteiger partial charge in [0.2, 0.25) is 5.91 Å². The molecule has 2 unspecified atom stereocenters. The number of nitrogens with one attached hydrogen (secondary N) is 2. The molecule has 0 bridgehead atoms. The molecular formula is C26H27Cl3F3N5O5. The highest BCUT2D eigenvalue weighted by molar-refractivity contribution is 6.42.